The predicted octanol–water partition coefficient (Wildman–Crippen LogP) is 3.59. The lowest BCUT2D eigenvalue weighted by molar-refractivity contribution is 0.343. The lowest BCUT2D eigenvalue weighted by atomic mass is 9.87. The first kappa shape index (κ1) is 15.1. The van der Waals surface area contributed by atoms with Gasteiger partial charge in [0.05, 0.1) is 6.61 Å². The smallest absolute Gasteiger partial charge is 0.203 e. The van der Waals surface area contributed by atoms with Crippen LogP contribution in [0.4, 0.5) is 5.13 Å². The number of nitrogens with two attached hydrogens (primary N) is 1. The van der Waals surface area contributed by atoms with Crippen LogP contribution in [0.3, 0.4) is 0 Å². The van der Waals surface area contributed by atoms with Crippen molar-refractivity contribution in [3.05, 3.63) is 29.8 Å². The Labute approximate surface area is 127 Å². The van der Waals surface area contributed by atoms with Crippen LogP contribution in [-0.2, 0) is 5.41 Å². The molecule has 2 rings (SSSR count). The number of nitrogens with zero attached hydrogens (tertiary/aromatic N) is 2. The summed E-state index contributed by atoms with van der Waals surface area (Å²) >= 11 is 3.01. The van der Waals surface area contributed by atoms with Crippen molar-refractivity contribution in [2.45, 2.75) is 30.5 Å². The number of ether oxygens (including phenoxy) is 1. The Morgan fingerprint density at radius 1 is 1.20 bits per heavy atom. The van der Waals surface area contributed by atoms with Gasteiger partial charge in [0.1, 0.15) is 5.75 Å². The second kappa shape index (κ2) is 6.45. The van der Waals surface area contributed by atoms with Gasteiger partial charge in [0.2, 0.25) is 5.13 Å². The summed E-state index contributed by atoms with van der Waals surface area (Å²) in [5.41, 5.74) is 7.01. The molecular weight excluding hydrogens is 290 g/mol. The monoisotopic (exact) mass is 309 g/mol. The van der Waals surface area contributed by atoms with E-state index in [4.69, 9.17) is 10.5 Å². The molecule has 4 nitrogen and oxygen atoms in total. The number of aromatic nitrogens is 2. The first-order chi connectivity index (χ1) is 9.45. The van der Waals surface area contributed by atoms with Gasteiger partial charge in [-0.2, -0.15) is 0 Å². The van der Waals surface area contributed by atoms with E-state index in [0.717, 1.165) is 15.8 Å². The molecule has 20 heavy (non-hydrogen) atoms. The molecule has 2 N–H and O–H groups in total. The number of anilines is 1. The van der Waals surface area contributed by atoms with Gasteiger partial charge < -0.3 is 10.5 Å². The third-order valence-corrected chi connectivity index (χ3v) is 4.57. The minimum Gasteiger partial charge on any atom is -0.493 e. The van der Waals surface area contributed by atoms with Crippen LogP contribution in [0.1, 0.15) is 26.3 Å². The van der Waals surface area contributed by atoms with Gasteiger partial charge in [-0.15, -0.1) is 10.2 Å². The molecule has 1 aromatic carbocycles. The highest BCUT2D eigenvalue weighted by Gasteiger charge is 2.12. The molecule has 0 aliphatic heterocycles. The molecule has 108 valence electrons. The van der Waals surface area contributed by atoms with Crippen molar-refractivity contribution < 1.29 is 4.74 Å². The van der Waals surface area contributed by atoms with Crippen LogP contribution in [0.2, 0.25) is 0 Å². The van der Waals surface area contributed by atoms with E-state index in [2.05, 4.69) is 43.1 Å². The van der Waals surface area contributed by atoms with E-state index in [1.165, 1.54) is 16.9 Å². The standard InChI is InChI=1S/C14H19N3OS2/c1-14(2,3)10-4-6-11(7-5-10)18-8-9-19-13-17-16-12(15)20-13/h4-7H,8-9H2,1-3H3,(H2,15,16). The Bertz CT molecular complexity index is 546. The molecule has 0 radical (unpaired) electrons. The van der Waals surface area contributed by atoms with Crippen LogP contribution in [0.15, 0.2) is 28.6 Å². The molecule has 1 aromatic heterocycles. The van der Waals surface area contributed by atoms with Crippen molar-refractivity contribution in [3.8, 4) is 5.75 Å². The number of hydrogen-bond donors (Lipinski definition) is 1. The van der Waals surface area contributed by atoms with Crippen molar-refractivity contribution in [1.29, 1.82) is 0 Å². The number of hydrogen-bond acceptors (Lipinski definition) is 6. The minimum atomic E-state index is 0.173. The number of rotatable bonds is 5. The Morgan fingerprint density at radius 3 is 2.45 bits per heavy atom. The van der Waals surface area contributed by atoms with Gasteiger partial charge in [-0.1, -0.05) is 56.0 Å². The zero-order valence-corrected chi connectivity index (χ0v) is 13.6. The quantitative estimate of drug-likeness (QED) is 0.675. The van der Waals surface area contributed by atoms with Crippen LogP contribution < -0.4 is 10.5 Å². The summed E-state index contributed by atoms with van der Waals surface area (Å²) in [7, 11) is 0. The Hall–Kier alpha value is -1.27. The SMILES string of the molecule is CC(C)(C)c1ccc(OCCSc2nnc(N)s2)cc1. The van der Waals surface area contributed by atoms with Crippen LogP contribution in [0, 0.1) is 0 Å². The molecule has 0 saturated carbocycles. The summed E-state index contributed by atoms with van der Waals surface area (Å²) < 4.78 is 6.59. The molecule has 0 spiro atoms. The molecule has 0 bridgehead atoms. The topological polar surface area (TPSA) is 61.0 Å². The molecule has 0 aliphatic rings. The van der Waals surface area contributed by atoms with Crippen molar-refractivity contribution >= 4 is 28.2 Å². The lowest BCUT2D eigenvalue weighted by Crippen LogP contribution is -2.10. The molecule has 0 fully saturated rings. The Kier molecular flexibility index (Phi) is 4.88. The minimum absolute atomic E-state index is 0.173. The second-order valence-corrected chi connectivity index (χ2v) is 7.73. The molecule has 2 aromatic rings. The predicted molar refractivity (Wildman–Crippen MR) is 85.7 cm³/mol. The Morgan fingerprint density at radius 2 is 1.90 bits per heavy atom. The zero-order chi connectivity index (χ0) is 14.6. The summed E-state index contributed by atoms with van der Waals surface area (Å²) in [6.07, 6.45) is 0. The molecule has 0 atom stereocenters. The summed E-state index contributed by atoms with van der Waals surface area (Å²) in [6, 6.07) is 8.28. The van der Waals surface area contributed by atoms with Gasteiger partial charge in [0.25, 0.3) is 0 Å². The first-order valence-corrected chi connectivity index (χ1v) is 8.20. The van der Waals surface area contributed by atoms with E-state index in [1.54, 1.807) is 11.8 Å². The first-order valence-electron chi connectivity index (χ1n) is 6.40. The third kappa shape index (κ3) is 4.38. The fourth-order valence-electron chi connectivity index (χ4n) is 1.62. The van der Waals surface area contributed by atoms with E-state index in [1.807, 2.05) is 12.1 Å². The van der Waals surface area contributed by atoms with Crippen LogP contribution >= 0.6 is 23.1 Å². The van der Waals surface area contributed by atoms with Crippen molar-refractivity contribution in [2.24, 2.45) is 0 Å². The van der Waals surface area contributed by atoms with E-state index < -0.39 is 0 Å². The summed E-state index contributed by atoms with van der Waals surface area (Å²) in [5, 5.41) is 8.23. The summed E-state index contributed by atoms with van der Waals surface area (Å²) in [5.74, 6) is 1.73. The van der Waals surface area contributed by atoms with Gasteiger partial charge in [-0.05, 0) is 23.1 Å². The fraction of sp³-hybridized carbons (Fsp3) is 0.429. The summed E-state index contributed by atoms with van der Waals surface area (Å²) in [6.45, 7) is 7.24. The van der Waals surface area contributed by atoms with E-state index >= 15 is 0 Å². The second-order valence-electron chi connectivity index (χ2n) is 5.38. The summed E-state index contributed by atoms with van der Waals surface area (Å²) in [4.78, 5) is 0. The maximum Gasteiger partial charge on any atom is 0.203 e. The molecule has 1 heterocycles. The number of thioether (sulfide) groups is 1. The van der Waals surface area contributed by atoms with Gasteiger partial charge in [0, 0.05) is 5.75 Å². The maximum absolute atomic E-state index is 5.71. The van der Waals surface area contributed by atoms with Crippen molar-refractivity contribution in [1.82, 2.24) is 10.2 Å². The van der Waals surface area contributed by atoms with Crippen LogP contribution in [0.25, 0.3) is 0 Å². The molecule has 0 aliphatic carbocycles. The average molecular weight is 309 g/mol. The van der Waals surface area contributed by atoms with E-state index in [0.29, 0.717) is 11.7 Å². The molecule has 0 unspecified atom stereocenters. The fourth-order valence-corrected chi connectivity index (χ4v) is 3.14. The molecular formula is C14H19N3OS2. The molecule has 0 saturated heterocycles. The van der Waals surface area contributed by atoms with Gasteiger partial charge in [-0.3, -0.25) is 0 Å². The van der Waals surface area contributed by atoms with Gasteiger partial charge >= 0.3 is 0 Å². The highest BCUT2D eigenvalue weighted by atomic mass is 32.2. The number of nitrogen functional groups attached to an aromatic ring is 1. The Balaban J connectivity index is 1.77. The number of benzene rings is 1. The van der Waals surface area contributed by atoms with Gasteiger partial charge in [-0.25, -0.2) is 0 Å². The largest absolute Gasteiger partial charge is 0.493 e. The average Bonchev–Trinajstić information content (AvgIpc) is 2.80. The van der Waals surface area contributed by atoms with Crippen molar-refractivity contribution in [2.75, 3.05) is 18.1 Å². The maximum atomic E-state index is 5.71. The zero-order valence-electron chi connectivity index (χ0n) is 11.9. The highest BCUT2D eigenvalue weighted by Crippen LogP contribution is 2.25. The van der Waals surface area contributed by atoms with Gasteiger partial charge in [0.15, 0.2) is 4.34 Å². The van der Waals surface area contributed by atoms with Crippen LogP contribution in [0.5, 0.6) is 5.75 Å². The normalized spacial score (nSPS) is 11.6. The van der Waals surface area contributed by atoms with Crippen molar-refractivity contribution in [3.63, 3.8) is 0 Å². The third-order valence-electron chi connectivity index (χ3n) is 2.72. The molecule has 6 heteroatoms. The molecule has 0 amide bonds. The lowest BCUT2D eigenvalue weighted by Gasteiger charge is -2.19. The van der Waals surface area contributed by atoms with E-state index in [-0.39, 0.29) is 5.41 Å². The highest BCUT2D eigenvalue weighted by molar-refractivity contribution is 8.01. The van der Waals surface area contributed by atoms with Crippen LogP contribution in [-0.4, -0.2) is 22.6 Å². The van der Waals surface area contributed by atoms with E-state index in [9.17, 15) is 0 Å².